The summed E-state index contributed by atoms with van der Waals surface area (Å²) in [6.45, 7) is 2.25. The molecule has 0 spiro atoms. The van der Waals surface area contributed by atoms with Crippen molar-refractivity contribution in [2.75, 3.05) is 0 Å². The van der Waals surface area contributed by atoms with E-state index in [1.165, 1.54) is 0 Å². The van der Waals surface area contributed by atoms with Gasteiger partial charge in [-0.1, -0.05) is 29.3 Å². The minimum absolute atomic E-state index is 0.103. The van der Waals surface area contributed by atoms with Gasteiger partial charge in [0.1, 0.15) is 0 Å². The fraction of sp³-hybridized carbons (Fsp3) is 0.200. The Bertz CT molecular complexity index is 620. The smallest absolute Gasteiger partial charge is 0.315 e. The Kier molecular flexibility index (Phi) is 5.42. The average molecular weight is 324 g/mol. The molecule has 0 aliphatic heterocycles. The van der Waals surface area contributed by atoms with Crippen molar-refractivity contribution in [1.29, 1.82) is 0 Å². The maximum absolute atomic E-state index is 11.9. The summed E-state index contributed by atoms with van der Waals surface area (Å²) in [5.74, 6) is 0. The van der Waals surface area contributed by atoms with Crippen molar-refractivity contribution in [1.82, 2.24) is 15.6 Å². The third-order valence-electron chi connectivity index (χ3n) is 3.01. The molecule has 2 N–H and O–H groups in total. The zero-order valence-electron chi connectivity index (χ0n) is 11.4. The molecule has 4 nitrogen and oxygen atoms in total. The van der Waals surface area contributed by atoms with Crippen LogP contribution in [0, 0.1) is 0 Å². The van der Waals surface area contributed by atoms with Crippen molar-refractivity contribution in [2.24, 2.45) is 0 Å². The van der Waals surface area contributed by atoms with Crippen molar-refractivity contribution in [2.45, 2.75) is 19.5 Å². The number of amides is 2. The molecule has 0 aliphatic rings. The molecule has 0 unspecified atom stereocenters. The first-order chi connectivity index (χ1) is 10.1. The molecule has 2 rings (SSSR count). The Morgan fingerprint density at radius 1 is 1.24 bits per heavy atom. The summed E-state index contributed by atoms with van der Waals surface area (Å²) < 4.78 is 0. The molecule has 0 bridgehead atoms. The lowest BCUT2D eigenvalue weighted by atomic mass is 10.1. The van der Waals surface area contributed by atoms with Gasteiger partial charge in [-0.2, -0.15) is 0 Å². The van der Waals surface area contributed by atoms with E-state index in [1.54, 1.807) is 30.6 Å². The highest BCUT2D eigenvalue weighted by Crippen LogP contribution is 2.20. The second-order valence-corrected chi connectivity index (χ2v) is 5.41. The van der Waals surface area contributed by atoms with Crippen LogP contribution in [0.3, 0.4) is 0 Å². The van der Waals surface area contributed by atoms with Gasteiger partial charge >= 0.3 is 6.03 Å². The molecule has 2 aromatic rings. The van der Waals surface area contributed by atoms with Crippen LogP contribution in [-0.4, -0.2) is 11.0 Å². The Morgan fingerprint density at radius 3 is 2.62 bits per heavy atom. The Hall–Kier alpha value is -1.78. The monoisotopic (exact) mass is 323 g/mol. The lowest BCUT2D eigenvalue weighted by molar-refractivity contribution is 0.237. The van der Waals surface area contributed by atoms with E-state index in [1.807, 2.05) is 19.1 Å². The molecule has 0 saturated heterocycles. The van der Waals surface area contributed by atoms with Gasteiger partial charge in [-0.25, -0.2) is 4.79 Å². The van der Waals surface area contributed by atoms with Crippen LogP contribution in [0.25, 0.3) is 0 Å². The molecule has 2 amide bonds. The zero-order valence-corrected chi connectivity index (χ0v) is 12.9. The highest BCUT2D eigenvalue weighted by molar-refractivity contribution is 6.35. The molecule has 0 saturated carbocycles. The molecular formula is C15H15Cl2N3O. The predicted molar refractivity (Wildman–Crippen MR) is 84.5 cm³/mol. The molecule has 0 fully saturated rings. The second kappa shape index (κ2) is 7.29. The van der Waals surface area contributed by atoms with Gasteiger partial charge in [-0.15, -0.1) is 0 Å². The van der Waals surface area contributed by atoms with Gasteiger partial charge in [0, 0.05) is 29.0 Å². The van der Waals surface area contributed by atoms with Gasteiger partial charge in [0.2, 0.25) is 0 Å². The van der Waals surface area contributed by atoms with E-state index in [9.17, 15) is 4.79 Å². The Labute approximate surface area is 133 Å². The Balaban J connectivity index is 1.87. The molecule has 1 aromatic carbocycles. The maximum atomic E-state index is 11.9. The van der Waals surface area contributed by atoms with Crippen molar-refractivity contribution in [3.8, 4) is 0 Å². The number of carbonyl (C=O) groups is 1. The summed E-state index contributed by atoms with van der Waals surface area (Å²) in [5.41, 5.74) is 1.80. The lowest BCUT2D eigenvalue weighted by Gasteiger charge is -2.15. The fourth-order valence-corrected chi connectivity index (χ4v) is 2.30. The second-order valence-electron chi connectivity index (χ2n) is 4.56. The summed E-state index contributed by atoms with van der Waals surface area (Å²) in [6, 6.07) is 8.54. The molecule has 6 heteroatoms. The van der Waals surface area contributed by atoms with E-state index < -0.39 is 0 Å². The van der Waals surface area contributed by atoms with E-state index in [0.717, 1.165) is 11.1 Å². The van der Waals surface area contributed by atoms with Crippen LogP contribution in [0.4, 0.5) is 4.79 Å². The minimum Gasteiger partial charge on any atom is -0.334 e. The normalized spacial score (nSPS) is 11.8. The highest BCUT2D eigenvalue weighted by atomic mass is 35.5. The van der Waals surface area contributed by atoms with E-state index in [-0.39, 0.29) is 12.1 Å². The largest absolute Gasteiger partial charge is 0.334 e. The van der Waals surface area contributed by atoms with Crippen LogP contribution in [-0.2, 0) is 6.54 Å². The van der Waals surface area contributed by atoms with Gasteiger partial charge in [0.05, 0.1) is 6.04 Å². The average Bonchev–Trinajstić information content (AvgIpc) is 2.47. The first-order valence-electron chi connectivity index (χ1n) is 6.44. The van der Waals surface area contributed by atoms with Gasteiger partial charge in [-0.05, 0) is 42.3 Å². The van der Waals surface area contributed by atoms with E-state index in [2.05, 4.69) is 15.6 Å². The number of urea groups is 1. The summed E-state index contributed by atoms with van der Waals surface area (Å²) in [7, 11) is 0. The number of carbonyl (C=O) groups excluding carboxylic acids is 1. The molecule has 110 valence electrons. The number of nitrogens with one attached hydrogen (secondary N) is 2. The molecule has 1 aromatic heterocycles. The number of benzene rings is 1. The molecular weight excluding hydrogens is 309 g/mol. The van der Waals surface area contributed by atoms with Crippen LogP contribution in [0.5, 0.6) is 0 Å². The van der Waals surface area contributed by atoms with Crippen LogP contribution in [0.2, 0.25) is 10.0 Å². The first-order valence-corrected chi connectivity index (χ1v) is 7.20. The summed E-state index contributed by atoms with van der Waals surface area (Å²) >= 11 is 11.9. The van der Waals surface area contributed by atoms with Crippen molar-refractivity contribution in [3.05, 3.63) is 63.9 Å². The molecule has 21 heavy (non-hydrogen) atoms. The molecule has 1 heterocycles. The number of nitrogens with zero attached hydrogens (tertiary/aromatic N) is 1. The number of hydrogen-bond acceptors (Lipinski definition) is 2. The van der Waals surface area contributed by atoms with Gasteiger partial charge in [-0.3, -0.25) is 4.98 Å². The van der Waals surface area contributed by atoms with E-state index >= 15 is 0 Å². The van der Waals surface area contributed by atoms with Gasteiger partial charge in [0.25, 0.3) is 0 Å². The van der Waals surface area contributed by atoms with Crippen molar-refractivity contribution in [3.63, 3.8) is 0 Å². The summed E-state index contributed by atoms with van der Waals surface area (Å²) in [4.78, 5) is 15.8. The van der Waals surface area contributed by atoms with Crippen LogP contribution >= 0.6 is 23.2 Å². The third-order valence-corrected chi connectivity index (χ3v) is 3.60. The van der Waals surface area contributed by atoms with Crippen LogP contribution in [0.15, 0.2) is 42.7 Å². The van der Waals surface area contributed by atoms with Crippen molar-refractivity contribution >= 4 is 29.2 Å². The summed E-state index contributed by atoms with van der Waals surface area (Å²) in [5, 5.41) is 6.72. The number of rotatable bonds is 4. The lowest BCUT2D eigenvalue weighted by Crippen LogP contribution is -2.36. The maximum Gasteiger partial charge on any atom is 0.315 e. The quantitative estimate of drug-likeness (QED) is 0.895. The fourth-order valence-electron chi connectivity index (χ4n) is 1.82. The SMILES string of the molecule is C[C@H](NC(=O)NCc1ccc(Cl)cc1Cl)c1ccncc1. The van der Waals surface area contributed by atoms with E-state index in [4.69, 9.17) is 23.2 Å². The summed E-state index contributed by atoms with van der Waals surface area (Å²) in [6.07, 6.45) is 3.39. The molecule has 1 atom stereocenters. The molecule has 0 radical (unpaired) electrons. The van der Waals surface area contributed by atoms with E-state index in [0.29, 0.717) is 16.6 Å². The third kappa shape index (κ3) is 4.62. The van der Waals surface area contributed by atoms with Crippen molar-refractivity contribution < 1.29 is 4.79 Å². The minimum atomic E-state index is -0.259. The number of pyridine rings is 1. The number of halogens is 2. The van der Waals surface area contributed by atoms with Gasteiger partial charge < -0.3 is 10.6 Å². The predicted octanol–water partition coefficient (Wildman–Crippen LogP) is 3.95. The Morgan fingerprint density at radius 2 is 1.95 bits per heavy atom. The zero-order chi connectivity index (χ0) is 15.2. The molecule has 0 aliphatic carbocycles. The first kappa shape index (κ1) is 15.6. The van der Waals surface area contributed by atoms with Gasteiger partial charge in [0.15, 0.2) is 0 Å². The van der Waals surface area contributed by atoms with Crippen LogP contribution in [0.1, 0.15) is 24.1 Å². The highest BCUT2D eigenvalue weighted by Gasteiger charge is 2.09. The topological polar surface area (TPSA) is 54.0 Å². The number of hydrogen-bond donors (Lipinski definition) is 2. The number of aromatic nitrogens is 1. The standard InChI is InChI=1S/C15H15Cl2N3O/c1-10(11-4-6-18-7-5-11)20-15(21)19-9-12-2-3-13(16)8-14(12)17/h2-8,10H,9H2,1H3,(H2,19,20,21)/t10-/m0/s1. The van der Waals surface area contributed by atoms with Crippen LogP contribution < -0.4 is 10.6 Å².